The van der Waals surface area contributed by atoms with Gasteiger partial charge in [-0.1, -0.05) is 35.9 Å². The van der Waals surface area contributed by atoms with Crippen LogP contribution < -0.4 is 16.0 Å². The van der Waals surface area contributed by atoms with Crippen molar-refractivity contribution in [3.63, 3.8) is 0 Å². The van der Waals surface area contributed by atoms with E-state index in [1.54, 1.807) is 54.6 Å². The van der Waals surface area contributed by atoms with E-state index in [0.717, 1.165) is 0 Å². The van der Waals surface area contributed by atoms with Crippen molar-refractivity contribution in [3.8, 4) is 0 Å². The van der Waals surface area contributed by atoms with E-state index in [0.29, 0.717) is 27.5 Å². The van der Waals surface area contributed by atoms with Gasteiger partial charge in [0, 0.05) is 10.6 Å². The first kappa shape index (κ1) is 22.0. The molecule has 6 nitrogen and oxygen atoms in total. The lowest BCUT2D eigenvalue weighted by atomic mass is 10.1. The molecule has 3 N–H and O–H groups in total. The minimum Gasteiger partial charge on any atom is -0.347 e. The number of carbonyl (C=O) groups excluding carboxylic acids is 3. The molecule has 158 valence electrons. The highest BCUT2D eigenvalue weighted by Gasteiger charge is 2.12. The number of rotatable bonds is 7. The summed E-state index contributed by atoms with van der Waals surface area (Å²) in [6.45, 7) is -0.270. The molecule has 0 aliphatic carbocycles. The predicted molar refractivity (Wildman–Crippen MR) is 118 cm³/mol. The Balaban J connectivity index is 1.56. The molecule has 0 fully saturated rings. The second-order valence-electron chi connectivity index (χ2n) is 6.64. The van der Waals surface area contributed by atoms with Crippen molar-refractivity contribution in [2.24, 2.45) is 0 Å². The highest BCUT2D eigenvalue weighted by molar-refractivity contribution is 6.30. The Bertz CT molecular complexity index is 1100. The van der Waals surface area contributed by atoms with Crippen LogP contribution in [0.4, 0.5) is 15.8 Å². The molecule has 0 atom stereocenters. The van der Waals surface area contributed by atoms with E-state index in [1.165, 1.54) is 18.2 Å². The van der Waals surface area contributed by atoms with Crippen molar-refractivity contribution in [1.82, 2.24) is 5.32 Å². The lowest BCUT2D eigenvalue weighted by molar-refractivity contribution is -0.123. The molecule has 0 radical (unpaired) electrons. The van der Waals surface area contributed by atoms with Gasteiger partial charge in [-0.3, -0.25) is 14.4 Å². The summed E-state index contributed by atoms with van der Waals surface area (Å²) in [6, 6.07) is 18.8. The smallest absolute Gasteiger partial charge is 0.255 e. The van der Waals surface area contributed by atoms with Crippen LogP contribution in [-0.2, 0) is 16.0 Å². The average molecular weight is 440 g/mol. The molecular formula is C23H19ClFN3O3. The first-order valence-electron chi connectivity index (χ1n) is 9.37. The molecule has 3 aromatic rings. The van der Waals surface area contributed by atoms with Crippen LogP contribution in [0.1, 0.15) is 15.9 Å². The van der Waals surface area contributed by atoms with Crippen molar-refractivity contribution in [3.05, 3.63) is 94.8 Å². The summed E-state index contributed by atoms with van der Waals surface area (Å²) >= 11 is 5.84. The van der Waals surface area contributed by atoms with Crippen molar-refractivity contribution in [1.29, 1.82) is 0 Å². The fourth-order valence-corrected chi connectivity index (χ4v) is 2.89. The summed E-state index contributed by atoms with van der Waals surface area (Å²) in [4.78, 5) is 36.7. The summed E-state index contributed by atoms with van der Waals surface area (Å²) in [5.41, 5.74) is 1.71. The van der Waals surface area contributed by atoms with Crippen molar-refractivity contribution in [2.75, 3.05) is 17.2 Å². The fraction of sp³-hybridized carbons (Fsp3) is 0.0870. The third kappa shape index (κ3) is 6.65. The predicted octanol–water partition coefficient (Wildman–Crippen LogP) is 4.03. The minimum atomic E-state index is -0.471. The average Bonchev–Trinajstić information content (AvgIpc) is 2.74. The maximum atomic E-state index is 13.2. The van der Waals surface area contributed by atoms with Crippen molar-refractivity contribution < 1.29 is 18.8 Å². The second kappa shape index (κ2) is 10.4. The van der Waals surface area contributed by atoms with Crippen molar-refractivity contribution in [2.45, 2.75) is 6.42 Å². The summed E-state index contributed by atoms with van der Waals surface area (Å²) in [5, 5.41) is 8.40. The molecule has 3 amide bonds. The Hall–Kier alpha value is -3.71. The molecule has 31 heavy (non-hydrogen) atoms. The van der Waals surface area contributed by atoms with Crippen LogP contribution in [0.5, 0.6) is 0 Å². The lowest BCUT2D eigenvalue weighted by Gasteiger charge is -2.13. The Morgan fingerprint density at radius 3 is 2.16 bits per heavy atom. The Labute approximate surface area is 183 Å². The minimum absolute atomic E-state index is 0.0429. The number of para-hydroxylation sites is 2. The number of nitrogens with one attached hydrogen (secondary N) is 3. The molecular weight excluding hydrogens is 421 g/mol. The third-order valence-electron chi connectivity index (χ3n) is 4.26. The number of benzene rings is 3. The standard InChI is InChI=1S/C23H19ClFN3O3/c24-17-10-8-16(9-11-17)23(31)28-20-7-2-1-6-19(20)27-22(30)14-26-21(29)13-15-4-3-5-18(25)12-15/h1-12H,13-14H2,(H,26,29)(H,27,30)(H,28,31). The first-order chi connectivity index (χ1) is 14.9. The number of hydrogen-bond donors (Lipinski definition) is 3. The largest absolute Gasteiger partial charge is 0.347 e. The van der Waals surface area contributed by atoms with Gasteiger partial charge in [0.05, 0.1) is 24.3 Å². The maximum Gasteiger partial charge on any atom is 0.255 e. The Kier molecular flexibility index (Phi) is 7.35. The van der Waals surface area contributed by atoms with Crippen LogP contribution in [0.15, 0.2) is 72.8 Å². The number of carbonyl (C=O) groups is 3. The van der Waals surface area contributed by atoms with Gasteiger partial charge in [-0.15, -0.1) is 0 Å². The zero-order chi connectivity index (χ0) is 22.2. The lowest BCUT2D eigenvalue weighted by Crippen LogP contribution is -2.34. The van der Waals surface area contributed by atoms with E-state index in [1.807, 2.05) is 0 Å². The Morgan fingerprint density at radius 1 is 0.806 bits per heavy atom. The molecule has 0 saturated heterocycles. The van der Waals surface area contributed by atoms with Gasteiger partial charge in [0.15, 0.2) is 0 Å². The van der Waals surface area contributed by atoms with Gasteiger partial charge in [0.25, 0.3) is 5.91 Å². The molecule has 0 heterocycles. The summed E-state index contributed by atoms with van der Waals surface area (Å²) in [6.07, 6.45) is -0.0429. The maximum absolute atomic E-state index is 13.2. The number of anilines is 2. The first-order valence-corrected chi connectivity index (χ1v) is 9.75. The van der Waals surface area contributed by atoms with Gasteiger partial charge in [-0.05, 0) is 54.1 Å². The molecule has 3 rings (SSSR count). The van der Waals surface area contributed by atoms with Gasteiger partial charge >= 0.3 is 0 Å². The van der Waals surface area contributed by atoms with E-state index >= 15 is 0 Å². The molecule has 0 aliphatic rings. The second-order valence-corrected chi connectivity index (χ2v) is 7.07. The van der Waals surface area contributed by atoms with E-state index in [4.69, 9.17) is 11.6 Å². The quantitative estimate of drug-likeness (QED) is 0.519. The van der Waals surface area contributed by atoms with Crippen LogP contribution in [0.3, 0.4) is 0 Å². The van der Waals surface area contributed by atoms with Crippen LogP contribution in [-0.4, -0.2) is 24.3 Å². The van der Waals surface area contributed by atoms with Crippen LogP contribution in [0.25, 0.3) is 0 Å². The van der Waals surface area contributed by atoms with Crippen LogP contribution in [0, 0.1) is 5.82 Å². The van der Waals surface area contributed by atoms with Gasteiger partial charge < -0.3 is 16.0 Å². The molecule has 0 saturated carbocycles. The van der Waals surface area contributed by atoms with Crippen molar-refractivity contribution >= 4 is 40.7 Å². The van der Waals surface area contributed by atoms with Gasteiger partial charge in [0.2, 0.25) is 11.8 Å². The number of hydrogen-bond acceptors (Lipinski definition) is 3. The zero-order valence-corrected chi connectivity index (χ0v) is 17.1. The fourth-order valence-electron chi connectivity index (χ4n) is 2.76. The Morgan fingerprint density at radius 2 is 1.48 bits per heavy atom. The topological polar surface area (TPSA) is 87.3 Å². The van der Waals surface area contributed by atoms with Gasteiger partial charge in [-0.2, -0.15) is 0 Å². The number of halogens is 2. The van der Waals surface area contributed by atoms with Crippen LogP contribution >= 0.6 is 11.6 Å². The van der Waals surface area contributed by atoms with E-state index in [-0.39, 0.29) is 18.9 Å². The van der Waals surface area contributed by atoms with Crippen LogP contribution in [0.2, 0.25) is 5.02 Å². The SMILES string of the molecule is O=C(Cc1cccc(F)c1)NCC(=O)Nc1ccccc1NC(=O)c1ccc(Cl)cc1. The van der Waals surface area contributed by atoms with Gasteiger partial charge in [-0.25, -0.2) is 4.39 Å². The molecule has 0 bridgehead atoms. The van der Waals surface area contributed by atoms with E-state index in [9.17, 15) is 18.8 Å². The molecule has 0 unspecified atom stereocenters. The highest BCUT2D eigenvalue weighted by Crippen LogP contribution is 2.22. The molecule has 0 spiro atoms. The van der Waals surface area contributed by atoms with Gasteiger partial charge in [0.1, 0.15) is 5.82 Å². The molecule has 0 aromatic heterocycles. The zero-order valence-electron chi connectivity index (χ0n) is 16.3. The normalized spacial score (nSPS) is 10.3. The summed E-state index contributed by atoms with van der Waals surface area (Å²) < 4.78 is 13.2. The summed E-state index contributed by atoms with van der Waals surface area (Å²) in [5.74, 6) is -1.67. The highest BCUT2D eigenvalue weighted by atomic mass is 35.5. The third-order valence-corrected chi connectivity index (χ3v) is 4.51. The molecule has 8 heteroatoms. The van der Waals surface area contributed by atoms with E-state index in [2.05, 4.69) is 16.0 Å². The number of amides is 3. The van der Waals surface area contributed by atoms with E-state index < -0.39 is 17.6 Å². The molecule has 0 aliphatic heterocycles. The summed E-state index contributed by atoms with van der Waals surface area (Å²) in [7, 11) is 0. The monoisotopic (exact) mass is 439 g/mol. The molecule has 3 aromatic carbocycles.